The number of nitrogens with zero attached hydrogens (tertiary/aromatic N) is 1. The molecule has 0 aliphatic rings. The molecule has 1 aromatic rings. The first-order chi connectivity index (χ1) is 6.54. The summed E-state index contributed by atoms with van der Waals surface area (Å²) in [6.07, 6.45) is 2.17. The lowest BCUT2D eigenvalue weighted by molar-refractivity contribution is 0.0127. The minimum atomic E-state index is -2.85. The van der Waals surface area contributed by atoms with E-state index in [1.54, 1.807) is 6.07 Å². The normalized spacial score (nSPS) is 11.7. The lowest BCUT2D eigenvalue weighted by atomic mass is 10.1. The second-order valence-corrected chi connectivity index (χ2v) is 3.29. The van der Waals surface area contributed by atoms with Crippen LogP contribution in [-0.4, -0.2) is 18.6 Å². The lowest BCUT2D eigenvalue weighted by Crippen LogP contribution is -2.13. The molecule has 0 fully saturated rings. The third kappa shape index (κ3) is 3.03. The van der Waals surface area contributed by atoms with Crippen molar-refractivity contribution in [1.29, 1.82) is 0 Å². The summed E-state index contributed by atoms with van der Waals surface area (Å²) in [7, 11) is 1.83. The van der Waals surface area contributed by atoms with Crippen LogP contribution in [0.4, 0.5) is 8.78 Å². The number of pyridine rings is 1. The fourth-order valence-corrected chi connectivity index (χ4v) is 1.14. The highest BCUT2D eigenvalue weighted by molar-refractivity contribution is 5.19. The average Bonchev–Trinajstić information content (AvgIpc) is 2.14. The van der Waals surface area contributed by atoms with Crippen molar-refractivity contribution in [2.24, 2.45) is 0 Å². The maximum Gasteiger partial charge on any atom is 0.286 e. The average molecular weight is 200 g/mol. The molecule has 1 rings (SSSR count). The van der Waals surface area contributed by atoms with Crippen molar-refractivity contribution in [3.05, 3.63) is 29.6 Å². The lowest BCUT2D eigenvalue weighted by Gasteiger charge is -2.10. The highest BCUT2D eigenvalue weighted by atomic mass is 19.3. The molecule has 4 heteroatoms. The molecular weight excluding hydrogens is 186 g/mol. The third-order valence-electron chi connectivity index (χ3n) is 1.94. The summed E-state index contributed by atoms with van der Waals surface area (Å²) in [6.45, 7) is 1.63. The van der Waals surface area contributed by atoms with Gasteiger partial charge in [0.15, 0.2) is 0 Å². The topological polar surface area (TPSA) is 24.9 Å². The fourth-order valence-electron chi connectivity index (χ4n) is 1.14. The van der Waals surface area contributed by atoms with Crippen LogP contribution in [0.2, 0.25) is 0 Å². The molecule has 78 valence electrons. The molecule has 2 nitrogen and oxygen atoms in total. The van der Waals surface area contributed by atoms with Gasteiger partial charge in [-0.3, -0.25) is 4.98 Å². The Morgan fingerprint density at radius 1 is 1.50 bits per heavy atom. The number of nitrogens with one attached hydrogen (secondary N) is 1. The molecule has 0 amide bonds. The van der Waals surface area contributed by atoms with Crippen molar-refractivity contribution in [2.75, 3.05) is 13.6 Å². The number of hydrogen-bond acceptors (Lipinski definition) is 2. The standard InChI is InChI=1S/C10H14F2N2/c1-10(11,12)9-7-8(3-5-13-2)4-6-14-9/h4,6-7,13H,3,5H2,1-2H3. The number of likely N-dealkylation sites (N-methyl/N-ethyl adjacent to an activating group) is 1. The van der Waals surface area contributed by atoms with E-state index >= 15 is 0 Å². The van der Waals surface area contributed by atoms with Crippen molar-refractivity contribution in [3.63, 3.8) is 0 Å². The summed E-state index contributed by atoms with van der Waals surface area (Å²) in [5.74, 6) is -2.85. The first-order valence-corrected chi connectivity index (χ1v) is 4.52. The van der Waals surface area contributed by atoms with Crippen LogP contribution in [0.3, 0.4) is 0 Å². The van der Waals surface area contributed by atoms with Crippen LogP contribution in [0.25, 0.3) is 0 Å². The van der Waals surface area contributed by atoms with Crippen molar-refractivity contribution in [1.82, 2.24) is 10.3 Å². The molecule has 14 heavy (non-hydrogen) atoms. The molecule has 0 saturated heterocycles. The van der Waals surface area contributed by atoms with E-state index < -0.39 is 5.92 Å². The molecule has 1 aromatic heterocycles. The van der Waals surface area contributed by atoms with Gasteiger partial charge >= 0.3 is 0 Å². The molecule has 0 atom stereocenters. The van der Waals surface area contributed by atoms with Gasteiger partial charge in [0.1, 0.15) is 5.69 Å². The first kappa shape index (κ1) is 11.0. The van der Waals surface area contributed by atoms with Crippen molar-refractivity contribution in [2.45, 2.75) is 19.3 Å². The highest BCUT2D eigenvalue weighted by Gasteiger charge is 2.25. The van der Waals surface area contributed by atoms with Crippen molar-refractivity contribution < 1.29 is 8.78 Å². The van der Waals surface area contributed by atoms with E-state index in [9.17, 15) is 8.78 Å². The zero-order valence-electron chi connectivity index (χ0n) is 8.35. The number of rotatable bonds is 4. The molecule has 0 spiro atoms. The summed E-state index contributed by atoms with van der Waals surface area (Å²) >= 11 is 0. The Bertz CT molecular complexity index is 294. The largest absolute Gasteiger partial charge is 0.319 e. The fraction of sp³-hybridized carbons (Fsp3) is 0.500. The summed E-state index contributed by atoms with van der Waals surface area (Å²) in [5.41, 5.74) is 0.719. The Balaban J connectivity index is 2.79. The van der Waals surface area contributed by atoms with Crippen LogP contribution in [0, 0.1) is 0 Å². The van der Waals surface area contributed by atoms with E-state index in [0.717, 1.165) is 25.5 Å². The van der Waals surface area contributed by atoms with Crippen LogP contribution in [-0.2, 0) is 12.3 Å². The minimum Gasteiger partial charge on any atom is -0.319 e. The Morgan fingerprint density at radius 3 is 2.79 bits per heavy atom. The van der Waals surface area contributed by atoms with Gasteiger partial charge in [-0.15, -0.1) is 0 Å². The summed E-state index contributed by atoms with van der Waals surface area (Å²) in [4.78, 5) is 3.65. The minimum absolute atomic E-state index is 0.161. The predicted octanol–water partition coefficient (Wildman–Crippen LogP) is 1.96. The van der Waals surface area contributed by atoms with Gasteiger partial charge in [-0.05, 0) is 37.7 Å². The second kappa shape index (κ2) is 4.46. The van der Waals surface area contributed by atoms with Crippen LogP contribution in [0.5, 0.6) is 0 Å². The number of halogens is 2. The van der Waals surface area contributed by atoms with E-state index in [-0.39, 0.29) is 5.69 Å². The molecule has 0 aliphatic heterocycles. The zero-order chi connectivity index (χ0) is 10.6. The number of aromatic nitrogens is 1. The summed E-state index contributed by atoms with van der Waals surface area (Å²) in [6, 6.07) is 3.21. The van der Waals surface area contributed by atoms with Gasteiger partial charge < -0.3 is 5.32 Å². The van der Waals surface area contributed by atoms with Gasteiger partial charge in [-0.2, -0.15) is 8.78 Å². The van der Waals surface area contributed by atoms with Crippen LogP contribution in [0.1, 0.15) is 18.2 Å². The van der Waals surface area contributed by atoms with Gasteiger partial charge in [0.25, 0.3) is 5.92 Å². The monoisotopic (exact) mass is 200 g/mol. The maximum absolute atomic E-state index is 12.9. The zero-order valence-corrected chi connectivity index (χ0v) is 8.35. The van der Waals surface area contributed by atoms with Crippen molar-refractivity contribution in [3.8, 4) is 0 Å². The van der Waals surface area contributed by atoms with Crippen LogP contribution >= 0.6 is 0 Å². The van der Waals surface area contributed by atoms with E-state index in [4.69, 9.17) is 0 Å². The molecule has 1 heterocycles. The third-order valence-corrected chi connectivity index (χ3v) is 1.94. The Hall–Kier alpha value is -1.03. The Labute approximate surface area is 82.4 Å². The van der Waals surface area contributed by atoms with Crippen LogP contribution < -0.4 is 5.32 Å². The van der Waals surface area contributed by atoms with Gasteiger partial charge in [-0.25, -0.2) is 0 Å². The molecule has 0 aliphatic carbocycles. The molecule has 0 unspecified atom stereocenters. The summed E-state index contributed by atoms with van der Waals surface area (Å²) < 4.78 is 25.8. The molecule has 0 saturated carbocycles. The molecule has 0 bridgehead atoms. The van der Waals surface area contributed by atoms with Gasteiger partial charge in [-0.1, -0.05) is 0 Å². The quantitative estimate of drug-likeness (QED) is 0.803. The van der Waals surface area contributed by atoms with E-state index in [1.165, 1.54) is 12.3 Å². The van der Waals surface area contributed by atoms with E-state index in [1.807, 2.05) is 7.05 Å². The SMILES string of the molecule is CNCCc1ccnc(C(C)(F)F)c1. The molecule has 1 N–H and O–H groups in total. The van der Waals surface area contributed by atoms with Crippen molar-refractivity contribution >= 4 is 0 Å². The van der Waals surface area contributed by atoms with Gasteiger partial charge in [0.05, 0.1) is 0 Å². The maximum atomic E-state index is 12.9. The number of hydrogen-bond donors (Lipinski definition) is 1. The van der Waals surface area contributed by atoms with E-state index in [2.05, 4.69) is 10.3 Å². The second-order valence-electron chi connectivity index (χ2n) is 3.29. The smallest absolute Gasteiger partial charge is 0.286 e. The predicted molar refractivity (Wildman–Crippen MR) is 51.4 cm³/mol. The number of alkyl halides is 2. The molecule has 0 aromatic carbocycles. The van der Waals surface area contributed by atoms with Gasteiger partial charge in [0, 0.05) is 13.1 Å². The van der Waals surface area contributed by atoms with E-state index in [0.29, 0.717) is 0 Å². The highest BCUT2D eigenvalue weighted by Crippen LogP contribution is 2.25. The van der Waals surface area contributed by atoms with Crippen LogP contribution in [0.15, 0.2) is 18.3 Å². The molecular formula is C10H14F2N2. The first-order valence-electron chi connectivity index (χ1n) is 4.52. The Morgan fingerprint density at radius 2 is 2.21 bits per heavy atom. The Kier molecular flexibility index (Phi) is 3.52. The van der Waals surface area contributed by atoms with Gasteiger partial charge in [0.2, 0.25) is 0 Å². The molecule has 0 radical (unpaired) electrons. The summed E-state index contributed by atoms with van der Waals surface area (Å²) in [5, 5.41) is 2.97.